The summed E-state index contributed by atoms with van der Waals surface area (Å²) in [6.07, 6.45) is 0. The van der Waals surface area contributed by atoms with Gasteiger partial charge < -0.3 is 5.32 Å². The zero-order valence-corrected chi connectivity index (χ0v) is 8.57. The van der Waals surface area contributed by atoms with Crippen molar-refractivity contribution in [3.63, 3.8) is 0 Å². The number of aromatic nitrogens is 1. The molecule has 13 heavy (non-hydrogen) atoms. The summed E-state index contributed by atoms with van der Waals surface area (Å²) < 4.78 is 21.0. The van der Waals surface area contributed by atoms with E-state index >= 15 is 0 Å². The van der Waals surface area contributed by atoms with E-state index < -0.39 is 10.0 Å². The van der Waals surface area contributed by atoms with Crippen molar-refractivity contribution >= 4 is 21.4 Å². The third-order valence-electron chi connectivity index (χ3n) is 1.35. The third kappa shape index (κ3) is 4.94. The van der Waals surface area contributed by atoms with Crippen molar-refractivity contribution in [2.24, 2.45) is 5.14 Å². The molecular weight excluding hydrogens is 210 g/mol. The lowest BCUT2D eigenvalue weighted by Crippen LogP contribution is -2.26. The van der Waals surface area contributed by atoms with Crippen molar-refractivity contribution in [3.05, 3.63) is 16.6 Å². The fraction of sp³-hybridized carbons (Fsp3) is 0.500. The highest BCUT2D eigenvalue weighted by Crippen LogP contribution is 1.99. The summed E-state index contributed by atoms with van der Waals surface area (Å²) in [6.45, 7) is 0.940. The Bertz CT molecular complexity index is 333. The van der Waals surface area contributed by atoms with Crippen LogP contribution in [0, 0.1) is 0 Å². The van der Waals surface area contributed by atoms with Crippen LogP contribution in [0.25, 0.3) is 0 Å². The predicted molar refractivity (Wildman–Crippen MR) is 51.8 cm³/mol. The molecule has 0 aliphatic rings. The SMILES string of the molecule is NS(=O)(=O)CCNCc1cscn1. The Kier molecular flexibility index (Phi) is 3.79. The van der Waals surface area contributed by atoms with Gasteiger partial charge >= 0.3 is 0 Å². The molecule has 5 nitrogen and oxygen atoms in total. The Hall–Kier alpha value is -0.500. The number of thiazole rings is 1. The van der Waals surface area contributed by atoms with E-state index in [1.165, 1.54) is 11.3 Å². The number of primary sulfonamides is 1. The summed E-state index contributed by atoms with van der Waals surface area (Å²) in [5.74, 6) is -0.0445. The van der Waals surface area contributed by atoms with Crippen LogP contribution in [0.1, 0.15) is 5.69 Å². The van der Waals surface area contributed by atoms with Gasteiger partial charge in [-0.15, -0.1) is 11.3 Å². The standard InChI is InChI=1S/C6H11N3O2S2/c7-13(10,11)2-1-8-3-6-4-12-5-9-6/h4-5,8H,1-3H2,(H2,7,10,11). The predicted octanol–water partition coefficient (Wildman–Crippen LogP) is -0.479. The average molecular weight is 221 g/mol. The molecule has 7 heteroatoms. The fourth-order valence-corrected chi connectivity index (χ4v) is 1.74. The molecule has 0 saturated carbocycles. The minimum absolute atomic E-state index is 0.0445. The molecule has 1 aromatic heterocycles. The van der Waals surface area contributed by atoms with Crippen LogP contribution >= 0.6 is 11.3 Å². The largest absolute Gasteiger partial charge is 0.310 e. The van der Waals surface area contributed by atoms with Gasteiger partial charge in [-0.3, -0.25) is 0 Å². The Morgan fingerprint density at radius 1 is 1.62 bits per heavy atom. The summed E-state index contributed by atoms with van der Waals surface area (Å²) in [7, 11) is -3.35. The lowest BCUT2D eigenvalue weighted by atomic mass is 10.5. The smallest absolute Gasteiger partial charge is 0.210 e. The second-order valence-corrected chi connectivity index (χ2v) is 4.98. The first-order valence-electron chi connectivity index (χ1n) is 3.66. The molecule has 0 aromatic carbocycles. The number of nitrogens with zero attached hydrogens (tertiary/aromatic N) is 1. The molecule has 0 spiro atoms. The Morgan fingerprint density at radius 3 is 2.92 bits per heavy atom. The van der Waals surface area contributed by atoms with Gasteiger partial charge in [-0.2, -0.15) is 0 Å². The van der Waals surface area contributed by atoms with Gasteiger partial charge in [0, 0.05) is 18.5 Å². The molecule has 1 aromatic rings. The van der Waals surface area contributed by atoms with E-state index in [4.69, 9.17) is 5.14 Å². The molecule has 1 rings (SSSR count). The summed E-state index contributed by atoms with van der Waals surface area (Å²) in [5.41, 5.74) is 2.65. The first-order chi connectivity index (χ1) is 6.08. The Morgan fingerprint density at radius 2 is 2.38 bits per heavy atom. The van der Waals surface area contributed by atoms with Crippen LogP contribution in [-0.2, 0) is 16.6 Å². The molecule has 1 heterocycles. The number of rotatable bonds is 5. The van der Waals surface area contributed by atoms with Gasteiger partial charge in [-0.05, 0) is 0 Å². The van der Waals surface area contributed by atoms with E-state index in [9.17, 15) is 8.42 Å². The quantitative estimate of drug-likeness (QED) is 0.658. The second-order valence-electron chi connectivity index (χ2n) is 2.52. The maximum Gasteiger partial charge on any atom is 0.210 e. The topological polar surface area (TPSA) is 85.1 Å². The molecule has 3 N–H and O–H groups in total. The second kappa shape index (κ2) is 4.66. The fourth-order valence-electron chi connectivity index (χ4n) is 0.756. The van der Waals surface area contributed by atoms with E-state index in [-0.39, 0.29) is 5.75 Å². The molecule has 0 saturated heterocycles. The minimum Gasteiger partial charge on any atom is -0.310 e. The van der Waals surface area contributed by atoms with Gasteiger partial charge in [0.1, 0.15) is 0 Å². The van der Waals surface area contributed by atoms with Crippen molar-refractivity contribution < 1.29 is 8.42 Å². The van der Waals surface area contributed by atoms with Crippen LogP contribution in [-0.4, -0.2) is 25.7 Å². The van der Waals surface area contributed by atoms with E-state index in [1.807, 2.05) is 5.38 Å². The molecule has 0 fully saturated rings. The van der Waals surface area contributed by atoms with Crippen LogP contribution in [0.5, 0.6) is 0 Å². The first-order valence-corrected chi connectivity index (χ1v) is 6.32. The Labute approximate surface area is 81.0 Å². The summed E-state index contributed by atoms with van der Waals surface area (Å²) in [6, 6.07) is 0. The molecule has 0 unspecified atom stereocenters. The molecule has 74 valence electrons. The third-order valence-corrected chi connectivity index (χ3v) is 2.76. The number of hydrogen-bond donors (Lipinski definition) is 2. The lowest BCUT2D eigenvalue weighted by molar-refractivity contribution is 0.592. The summed E-state index contributed by atoms with van der Waals surface area (Å²) in [5, 5.41) is 9.65. The van der Waals surface area contributed by atoms with Crippen LogP contribution in [0.2, 0.25) is 0 Å². The van der Waals surface area contributed by atoms with Crippen LogP contribution in [0.15, 0.2) is 10.9 Å². The molecule has 0 radical (unpaired) electrons. The maximum absolute atomic E-state index is 10.5. The van der Waals surface area contributed by atoms with Gasteiger partial charge in [-0.1, -0.05) is 0 Å². The Balaban J connectivity index is 2.16. The van der Waals surface area contributed by atoms with Gasteiger partial charge in [0.2, 0.25) is 10.0 Å². The molecule has 0 atom stereocenters. The van der Waals surface area contributed by atoms with Gasteiger partial charge in [-0.25, -0.2) is 18.5 Å². The molecule has 0 aliphatic heterocycles. The molecule has 0 amide bonds. The number of sulfonamides is 1. The van der Waals surface area contributed by atoms with E-state index in [2.05, 4.69) is 10.3 Å². The zero-order valence-electron chi connectivity index (χ0n) is 6.93. The van der Waals surface area contributed by atoms with E-state index in [0.717, 1.165) is 5.69 Å². The van der Waals surface area contributed by atoms with Gasteiger partial charge in [0.15, 0.2) is 0 Å². The van der Waals surface area contributed by atoms with E-state index in [1.54, 1.807) is 5.51 Å². The molecule has 0 aliphatic carbocycles. The highest BCUT2D eigenvalue weighted by atomic mass is 32.2. The van der Waals surface area contributed by atoms with Crippen LogP contribution in [0.4, 0.5) is 0 Å². The van der Waals surface area contributed by atoms with E-state index in [0.29, 0.717) is 13.1 Å². The summed E-state index contributed by atoms with van der Waals surface area (Å²) >= 11 is 1.51. The summed E-state index contributed by atoms with van der Waals surface area (Å²) in [4.78, 5) is 4.03. The number of nitrogens with two attached hydrogens (primary N) is 1. The van der Waals surface area contributed by atoms with Crippen molar-refractivity contribution in [2.45, 2.75) is 6.54 Å². The molecular formula is C6H11N3O2S2. The maximum atomic E-state index is 10.5. The monoisotopic (exact) mass is 221 g/mol. The van der Waals surface area contributed by atoms with Gasteiger partial charge in [0.05, 0.1) is 17.0 Å². The van der Waals surface area contributed by atoms with Crippen LogP contribution in [0.3, 0.4) is 0 Å². The zero-order chi connectivity index (χ0) is 9.73. The highest BCUT2D eigenvalue weighted by molar-refractivity contribution is 7.89. The lowest BCUT2D eigenvalue weighted by Gasteiger charge is -2.00. The van der Waals surface area contributed by atoms with Crippen molar-refractivity contribution in [3.8, 4) is 0 Å². The van der Waals surface area contributed by atoms with Crippen molar-refractivity contribution in [1.82, 2.24) is 10.3 Å². The highest BCUT2D eigenvalue weighted by Gasteiger charge is 2.01. The number of nitrogens with one attached hydrogen (secondary N) is 1. The molecule has 0 bridgehead atoms. The van der Waals surface area contributed by atoms with Gasteiger partial charge in [0.25, 0.3) is 0 Å². The first kappa shape index (κ1) is 10.6. The van der Waals surface area contributed by atoms with Crippen LogP contribution < -0.4 is 10.5 Å². The minimum atomic E-state index is -3.35. The van der Waals surface area contributed by atoms with Crippen molar-refractivity contribution in [1.29, 1.82) is 0 Å². The average Bonchev–Trinajstić information content (AvgIpc) is 2.48. The number of hydrogen-bond acceptors (Lipinski definition) is 5. The normalized spacial score (nSPS) is 11.8. The van der Waals surface area contributed by atoms with Crippen molar-refractivity contribution in [2.75, 3.05) is 12.3 Å².